The molecule has 138 valence electrons. The molecular formula is C20H20ClN5O. The highest BCUT2D eigenvalue weighted by atomic mass is 35.5. The lowest BCUT2D eigenvalue weighted by atomic mass is 9.89. The van der Waals surface area contributed by atoms with Gasteiger partial charge in [0.25, 0.3) is 0 Å². The molecule has 1 aliphatic rings. The molecule has 0 atom stereocenters. The Labute approximate surface area is 161 Å². The Morgan fingerprint density at radius 2 is 2.04 bits per heavy atom. The first kappa shape index (κ1) is 16.4. The van der Waals surface area contributed by atoms with Crippen molar-refractivity contribution >= 4 is 33.8 Å². The normalized spacial score (nSPS) is 15.7. The first-order chi connectivity index (χ1) is 13.1. The number of benzene rings is 1. The van der Waals surface area contributed by atoms with E-state index in [-0.39, 0.29) is 5.75 Å². The van der Waals surface area contributed by atoms with Crippen molar-refractivity contribution in [1.82, 2.24) is 19.4 Å². The largest absolute Gasteiger partial charge is 0.507 e. The number of rotatable bonds is 2. The summed E-state index contributed by atoms with van der Waals surface area (Å²) in [6.07, 6.45) is 9.67. The second-order valence-corrected chi connectivity index (χ2v) is 7.63. The van der Waals surface area contributed by atoms with Gasteiger partial charge in [-0.1, -0.05) is 30.9 Å². The maximum Gasteiger partial charge on any atom is 0.150 e. The van der Waals surface area contributed by atoms with Crippen LogP contribution in [0.5, 0.6) is 5.75 Å². The fourth-order valence-corrected chi connectivity index (χ4v) is 4.43. The molecule has 1 aromatic carbocycles. The number of aromatic nitrogens is 4. The standard InChI is InChI=1S/C20H20ClN5O/c21-13-6-7-15(27)12-10-14(24-16(12)13)17-18-19(22)23-8-9-26(18)20(25-17)11-4-2-1-3-5-11/h6-11,24,27H,1-5H2,(H2,22,23). The van der Waals surface area contributed by atoms with Crippen molar-refractivity contribution in [3.05, 3.63) is 41.4 Å². The molecule has 0 aliphatic heterocycles. The summed E-state index contributed by atoms with van der Waals surface area (Å²) in [5.74, 6) is 2.07. The predicted molar refractivity (Wildman–Crippen MR) is 107 cm³/mol. The molecule has 3 aromatic heterocycles. The number of nitrogens with one attached hydrogen (secondary N) is 1. The van der Waals surface area contributed by atoms with Crippen molar-refractivity contribution < 1.29 is 5.11 Å². The highest BCUT2D eigenvalue weighted by molar-refractivity contribution is 6.35. The summed E-state index contributed by atoms with van der Waals surface area (Å²) in [5.41, 5.74) is 9.23. The zero-order chi connectivity index (χ0) is 18.5. The highest BCUT2D eigenvalue weighted by Crippen LogP contribution is 2.39. The van der Waals surface area contributed by atoms with E-state index in [4.69, 9.17) is 22.3 Å². The van der Waals surface area contributed by atoms with E-state index in [2.05, 4.69) is 14.4 Å². The van der Waals surface area contributed by atoms with Crippen LogP contribution in [0, 0.1) is 0 Å². The van der Waals surface area contributed by atoms with E-state index in [1.807, 2.05) is 12.3 Å². The summed E-state index contributed by atoms with van der Waals surface area (Å²) in [5, 5.41) is 11.4. The van der Waals surface area contributed by atoms with E-state index in [9.17, 15) is 5.11 Å². The number of hydrogen-bond acceptors (Lipinski definition) is 4. The van der Waals surface area contributed by atoms with E-state index >= 15 is 0 Å². The number of phenols is 1. The van der Waals surface area contributed by atoms with Gasteiger partial charge in [-0.05, 0) is 31.0 Å². The number of nitrogens with zero attached hydrogens (tertiary/aromatic N) is 3. The summed E-state index contributed by atoms with van der Waals surface area (Å²) in [7, 11) is 0. The summed E-state index contributed by atoms with van der Waals surface area (Å²) in [4.78, 5) is 12.6. The second-order valence-electron chi connectivity index (χ2n) is 7.22. The Hall–Kier alpha value is -2.73. The van der Waals surface area contributed by atoms with Gasteiger partial charge in [0.1, 0.15) is 28.6 Å². The number of anilines is 1. The molecule has 0 bridgehead atoms. The quantitative estimate of drug-likeness (QED) is 0.462. The Morgan fingerprint density at radius 1 is 1.22 bits per heavy atom. The molecule has 3 heterocycles. The summed E-state index contributed by atoms with van der Waals surface area (Å²) in [6, 6.07) is 5.14. The van der Waals surface area contributed by atoms with Crippen molar-refractivity contribution in [2.24, 2.45) is 0 Å². The van der Waals surface area contributed by atoms with E-state index in [1.165, 1.54) is 19.3 Å². The molecular weight excluding hydrogens is 362 g/mol. The van der Waals surface area contributed by atoms with Gasteiger partial charge in [-0.2, -0.15) is 0 Å². The summed E-state index contributed by atoms with van der Waals surface area (Å²) in [6.45, 7) is 0. The molecule has 5 rings (SSSR count). The maximum atomic E-state index is 10.2. The number of hydrogen-bond donors (Lipinski definition) is 3. The number of nitrogen functional groups attached to an aromatic ring is 1. The van der Waals surface area contributed by atoms with E-state index in [0.29, 0.717) is 27.7 Å². The zero-order valence-electron chi connectivity index (χ0n) is 14.7. The molecule has 27 heavy (non-hydrogen) atoms. The molecule has 1 saturated carbocycles. The van der Waals surface area contributed by atoms with E-state index < -0.39 is 0 Å². The first-order valence-corrected chi connectivity index (χ1v) is 9.64. The van der Waals surface area contributed by atoms with Crippen LogP contribution in [0.4, 0.5) is 5.82 Å². The average molecular weight is 382 g/mol. The van der Waals surface area contributed by atoms with Gasteiger partial charge >= 0.3 is 0 Å². The number of halogens is 1. The number of nitrogens with two attached hydrogens (primary N) is 1. The van der Waals surface area contributed by atoms with E-state index in [1.54, 1.807) is 18.3 Å². The molecule has 1 fully saturated rings. The Balaban J connectivity index is 1.76. The van der Waals surface area contributed by atoms with Crippen LogP contribution in [0.3, 0.4) is 0 Å². The highest BCUT2D eigenvalue weighted by Gasteiger charge is 2.25. The lowest BCUT2D eigenvalue weighted by Gasteiger charge is -2.20. The van der Waals surface area contributed by atoms with Crippen molar-refractivity contribution in [1.29, 1.82) is 0 Å². The smallest absolute Gasteiger partial charge is 0.150 e. The fourth-order valence-electron chi connectivity index (χ4n) is 4.22. The average Bonchev–Trinajstić information content (AvgIpc) is 3.29. The number of H-pyrrole nitrogens is 1. The molecule has 4 N–H and O–H groups in total. The van der Waals surface area contributed by atoms with Crippen LogP contribution in [0.15, 0.2) is 30.6 Å². The number of phenolic OH excluding ortho intramolecular Hbond substituents is 1. The van der Waals surface area contributed by atoms with Gasteiger partial charge in [0, 0.05) is 23.7 Å². The third-order valence-electron chi connectivity index (χ3n) is 5.56. The number of aromatic amines is 1. The third kappa shape index (κ3) is 2.55. The molecule has 7 heteroatoms. The Kier molecular flexibility index (Phi) is 3.75. The van der Waals surface area contributed by atoms with Crippen LogP contribution < -0.4 is 5.73 Å². The lowest BCUT2D eigenvalue weighted by molar-refractivity contribution is 0.428. The van der Waals surface area contributed by atoms with Crippen LogP contribution in [0.1, 0.15) is 43.8 Å². The second kappa shape index (κ2) is 6.16. The number of fused-ring (bicyclic) bond motifs is 2. The molecule has 0 radical (unpaired) electrons. The molecule has 0 spiro atoms. The van der Waals surface area contributed by atoms with Gasteiger partial charge in [0.05, 0.1) is 16.2 Å². The zero-order valence-corrected chi connectivity index (χ0v) is 15.5. The first-order valence-electron chi connectivity index (χ1n) is 9.26. The SMILES string of the molecule is Nc1nccn2c(C3CCCCC3)nc(-c3cc4c(O)ccc(Cl)c4[nH]3)c12. The van der Waals surface area contributed by atoms with Crippen molar-refractivity contribution in [3.8, 4) is 17.1 Å². The van der Waals surface area contributed by atoms with Crippen LogP contribution in [-0.2, 0) is 0 Å². The van der Waals surface area contributed by atoms with Gasteiger partial charge in [-0.25, -0.2) is 9.97 Å². The molecule has 6 nitrogen and oxygen atoms in total. The minimum Gasteiger partial charge on any atom is -0.507 e. The molecule has 0 amide bonds. The van der Waals surface area contributed by atoms with Crippen LogP contribution in [0.2, 0.25) is 5.02 Å². The van der Waals surface area contributed by atoms with Gasteiger partial charge in [0.15, 0.2) is 0 Å². The minimum atomic E-state index is 0.180. The van der Waals surface area contributed by atoms with Crippen molar-refractivity contribution in [3.63, 3.8) is 0 Å². The summed E-state index contributed by atoms with van der Waals surface area (Å²) < 4.78 is 2.07. The van der Waals surface area contributed by atoms with Crippen molar-refractivity contribution in [2.75, 3.05) is 5.73 Å². The fraction of sp³-hybridized carbons (Fsp3) is 0.300. The topological polar surface area (TPSA) is 92.2 Å². The minimum absolute atomic E-state index is 0.180. The maximum absolute atomic E-state index is 10.2. The van der Waals surface area contributed by atoms with Gasteiger partial charge in [-0.15, -0.1) is 0 Å². The third-order valence-corrected chi connectivity index (χ3v) is 5.87. The molecule has 1 aliphatic carbocycles. The van der Waals surface area contributed by atoms with E-state index in [0.717, 1.165) is 35.6 Å². The van der Waals surface area contributed by atoms with Gasteiger partial charge in [0.2, 0.25) is 0 Å². The van der Waals surface area contributed by atoms with Gasteiger partial charge < -0.3 is 15.8 Å². The van der Waals surface area contributed by atoms with Crippen LogP contribution >= 0.6 is 11.6 Å². The number of aromatic hydroxyl groups is 1. The molecule has 0 saturated heterocycles. The monoisotopic (exact) mass is 381 g/mol. The Morgan fingerprint density at radius 3 is 2.81 bits per heavy atom. The lowest BCUT2D eigenvalue weighted by Crippen LogP contribution is -2.09. The molecule has 4 aromatic rings. The van der Waals surface area contributed by atoms with Crippen LogP contribution in [-0.4, -0.2) is 24.5 Å². The summed E-state index contributed by atoms with van der Waals surface area (Å²) >= 11 is 6.30. The van der Waals surface area contributed by atoms with Crippen LogP contribution in [0.25, 0.3) is 27.8 Å². The molecule has 0 unspecified atom stereocenters. The van der Waals surface area contributed by atoms with Gasteiger partial charge in [-0.3, -0.25) is 4.40 Å². The predicted octanol–water partition coefficient (Wildman–Crippen LogP) is 4.87. The number of imidazole rings is 1. The Bertz CT molecular complexity index is 1120. The van der Waals surface area contributed by atoms with Crippen molar-refractivity contribution in [2.45, 2.75) is 38.0 Å².